The fourth-order valence-electron chi connectivity index (χ4n) is 4.15. The maximum absolute atomic E-state index is 15.0. The van der Waals surface area contributed by atoms with E-state index in [4.69, 9.17) is 8.85 Å². The summed E-state index contributed by atoms with van der Waals surface area (Å²) in [6, 6.07) is 3.35. The van der Waals surface area contributed by atoms with Crippen LogP contribution >= 0.6 is 0 Å². The van der Waals surface area contributed by atoms with Gasteiger partial charge in [0.05, 0.1) is 18.9 Å². The lowest BCUT2D eigenvalue weighted by atomic mass is 9.74. The summed E-state index contributed by atoms with van der Waals surface area (Å²) in [4.78, 5) is 20.3. The van der Waals surface area contributed by atoms with Gasteiger partial charge in [-0.1, -0.05) is 0 Å². The molecule has 10 nitrogen and oxygen atoms in total. The molecule has 4 aromatic rings. The van der Waals surface area contributed by atoms with Gasteiger partial charge in [-0.25, -0.2) is 18.4 Å². The van der Waals surface area contributed by atoms with Crippen molar-refractivity contribution >= 4 is 23.0 Å². The first-order valence-electron chi connectivity index (χ1n) is 11.1. The van der Waals surface area contributed by atoms with E-state index in [0.29, 0.717) is 29.6 Å². The van der Waals surface area contributed by atoms with Gasteiger partial charge in [0.25, 0.3) is 0 Å². The van der Waals surface area contributed by atoms with Crippen LogP contribution < -0.4 is 15.4 Å². The summed E-state index contributed by atoms with van der Waals surface area (Å²) < 4.78 is 45.0. The molecule has 0 aliphatic heterocycles. The van der Waals surface area contributed by atoms with Gasteiger partial charge in [0, 0.05) is 34.3 Å². The Hall–Kier alpha value is -3.76. The third-order valence-electron chi connectivity index (χ3n) is 5.45. The number of pyridine rings is 1. The molecule has 4 aromatic heterocycles. The third-order valence-corrected chi connectivity index (χ3v) is 5.45. The topological polar surface area (TPSA) is 111 Å². The lowest BCUT2D eigenvalue weighted by Gasteiger charge is -2.45. The molecule has 5 rings (SSSR count). The van der Waals surface area contributed by atoms with E-state index < -0.39 is 24.1 Å². The Morgan fingerprint density at radius 1 is 1.35 bits per heavy atom. The van der Waals surface area contributed by atoms with Crippen molar-refractivity contribution < 1.29 is 18.0 Å². The zero-order valence-electron chi connectivity index (χ0n) is 19.8. The van der Waals surface area contributed by atoms with E-state index in [1.165, 1.54) is 24.1 Å². The van der Waals surface area contributed by atoms with Crippen LogP contribution in [0.3, 0.4) is 0 Å². The highest BCUT2D eigenvalue weighted by atomic mass is 19.1. The minimum atomic E-state index is -2.70. The van der Waals surface area contributed by atoms with Crippen molar-refractivity contribution in [3.63, 3.8) is 0 Å². The number of anilines is 1. The number of halogens is 1. The molecular formula is C20H21FN8O2. The summed E-state index contributed by atoms with van der Waals surface area (Å²) in [5, 5.41) is 14.2. The van der Waals surface area contributed by atoms with Crippen LogP contribution in [0.25, 0.3) is 22.3 Å². The smallest absolute Gasteiger partial charge is 0.244 e. The van der Waals surface area contributed by atoms with Gasteiger partial charge in [-0.2, -0.15) is 10.1 Å². The molecule has 31 heavy (non-hydrogen) atoms. The maximum Gasteiger partial charge on any atom is 0.244 e. The second-order valence-corrected chi connectivity index (χ2v) is 7.83. The summed E-state index contributed by atoms with van der Waals surface area (Å²) in [5.74, 6) is -1.10. The summed E-state index contributed by atoms with van der Waals surface area (Å²) in [6.07, 6.45) is 5.26. The van der Waals surface area contributed by atoms with Crippen LogP contribution in [0.2, 0.25) is 0 Å². The highest BCUT2D eigenvalue weighted by Gasteiger charge is 2.41. The highest BCUT2D eigenvalue weighted by Crippen LogP contribution is 2.36. The molecule has 2 N–H and O–H groups in total. The first-order valence-corrected chi connectivity index (χ1v) is 9.58. The van der Waals surface area contributed by atoms with Crippen LogP contribution in [0, 0.1) is 5.82 Å². The molecule has 0 atom stereocenters. The molecule has 11 heteroatoms. The number of hydrogen-bond donors (Lipinski definition) is 2. The first kappa shape index (κ1) is 16.0. The van der Waals surface area contributed by atoms with Gasteiger partial charge < -0.3 is 15.4 Å². The van der Waals surface area contributed by atoms with E-state index in [-0.39, 0.29) is 23.4 Å². The SMILES string of the molecule is [2H]C([2H])([2H])C(=O)NC1(C)CC(Nc2nc(OC)c3c(-c4ccc5ncnn5c4)c(F)cn3n2)C1. The number of carbonyl (C=O) groups is 1. The predicted octanol–water partition coefficient (Wildman–Crippen LogP) is 2.06. The largest absolute Gasteiger partial charge is 0.479 e. The van der Waals surface area contributed by atoms with Gasteiger partial charge in [0.15, 0.2) is 11.5 Å². The molecule has 0 saturated heterocycles. The maximum atomic E-state index is 15.0. The Kier molecular flexibility index (Phi) is 3.56. The predicted molar refractivity (Wildman–Crippen MR) is 110 cm³/mol. The molecule has 1 fully saturated rings. The Labute approximate surface area is 180 Å². The van der Waals surface area contributed by atoms with Crippen LogP contribution in [-0.4, -0.2) is 53.8 Å². The van der Waals surface area contributed by atoms with E-state index >= 15 is 4.39 Å². The van der Waals surface area contributed by atoms with Crippen LogP contribution in [0.15, 0.2) is 30.9 Å². The molecule has 0 aromatic carbocycles. The van der Waals surface area contributed by atoms with Gasteiger partial charge in [-0.05, 0) is 31.9 Å². The van der Waals surface area contributed by atoms with Crippen LogP contribution in [0.4, 0.5) is 10.3 Å². The third kappa shape index (κ3) is 3.31. The van der Waals surface area contributed by atoms with Gasteiger partial charge in [0.2, 0.25) is 17.7 Å². The zero-order chi connectivity index (χ0) is 24.3. The minimum absolute atomic E-state index is 0.112. The lowest BCUT2D eigenvalue weighted by Crippen LogP contribution is -2.59. The van der Waals surface area contributed by atoms with Crippen LogP contribution in [-0.2, 0) is 4.79 Å². The molecule has 1 aliphatic carbocycles. The summed E-state index contributed by atoms with van der Waals surface area (Å²) >= 11 is 0. The van der Waals surface area contributed by atoms with E-state index in [1.54, 1.807) is 29.8 Å². The highest BCUT2D eigenvalue weighted by molar-refractivity contribution is 5.85. The van der Waals surface area contributed by atoms with Crippen molar-refractivity contribution in [2.75, 3.05) is 12.4 Å². The standard InChI is InChI=1S/C20H21FN8O2/c1-11(30)26-20(2)6-13(7-20)24-19-25-18(31-3)17-16(14(21)9-29(17)27-19)12-4-5-15-22-10-23-28(15)8-12/h4-5,8-10,13H,6-7H2,1-3H3,(H,24,27)(H,26,30)/i1D3. The lowest BCUT2D eigenvalue weighted by molar-refractivity contribution is -0.121. The van der Waals surface area contributed by atoms with Crippen molar-refractivity contribution in [1.82, 2.24) is 34.5 Å². The van der Waals surface area contributed by atoms with E-state index in [1.807, 2.05) is 0 Å². The monoisotopic (exact) mass is 427 g/mol. The number of nitrogens with one attached hydrogen (secondary N) is 2. The Morgan fingerprint density at radius 2 is 2.19 bits per heavy atom. The number of hydrogen-bond acceptors (Lipinski definition) is 7. The Bertz CT molecular complexity index is 1410. The fraction of sp³-hybridized carbons (Fsp3) is 0.350. The van der Waals surface area contributed by atoms with E-state index in [2.05, 4.69) is 30.8 Å². The Morgan fingerprint density at radius 3 is 2.97 bits per heavy atom. The number of methoxy groups -OCH3 is 1. The number of fused-ring (bicyclic) bond motifs is 2. The second kappa shape index (κ2) is 6.89. The normalized spacial score (nSPS) is 22.4. The number of ether oxygens (including phenoxy) is 1. The van der Waals surface area contributed by atoms with Crippen molar-refractivity contribution in [1.29, 1.82) is 0 Å². The zero-order valence-corrected chi connectivity index (χ0v) is 16.8. The van der Waals surface area contributed by atoms with Crippen LogP contribution in [0.5, 0.6) is 5.88 Å². The average molecular weight is 427 g/mol. The van der Waals surface area contributed by atoms with Crippen molar-refractivity contribution in [3.8, 4) is 17.0 Å². The summed E-state index contributed by atoms with van der Waals surface area (Å²) in [7, 11) is 1.44. The fourth-order valence-corrected chi connectivity index (χ4v) is 4.15. The van der Waals surface area contributed by atoms with E-state index in [0.717, 1.165) is 0 Å². The number of carbonyl (C=O) groups excluding carboxylic acids is 1. The number of aromatic nitrogens is 6. The first-order chi connectivity index (χ1) is 16.1. The van der Waals surface area contributed by atoms with Crippen molar-refractivity contribution in [2.24, 2.45) is 0 Å². The van der Waals surface area contributed by atoms with Crippen molar-refractivity contribution in [3.05, 3.63) is 36.7 Å². The molecule has 160 valence electrons. The summed E-state index contributed by atoms with van der Waals surface area (Å²) in [6.45, 7) is -0.920. The molecule has 0 unspecified atom stereocenters. The van der Waals surface area contributed by atoms with E-state index in [9.17, 15) is 4.79 Å². The second-order valence-electron chi connectivity index (χ2n) is 7.83. The van der Waals surface area contributed by atoms with Crippen LogP contribution in [0.1, 0.15) is 30.7 Å². The molecular weight excluding hydrogens is 403 g/mol. The number of rotatable bonds is 5. The van der Waals surface area contributed by atoms with Gasteiger partial charge in [-0.3, -0.25) is 4.79 Å². The number of amides is 1. The van der Waals surface area contributed by atoms with Gasteiger partial charge in [0.1, 0.15) is 11.8 Å². The molecule has 1 saturated carbocycles. The minimum Gasteiger partial charge on any atom is -0.479 e. The molecule has 0 bridgehead atoms. The van der Waals surface area contributed by atoms with Crippen molar-refractivity contribution in [2.45, 2.75) is 38.2 Å². The molecule has 0 radical (unpaired) electrons. The molecule has 0 spiro atoms. The van der Waals surface area contributed by atoms with Gasteiger partial charge in [-0.15, -0.1) is 5.10 Å². The average Bonchev–Trinajstić information content (AvgIpc) is 3.34. The molecule has 1 amide bonds. The molecule has 1 aliphatic rings. The van der Waals surface area contributed by atoms with Gasteiger partial charge >= 0.3 is 0 Å². The summed E-state index contributed by atoms with van der Waals surface area (Å²) in [5.41, 5.74) is 1.16. The quantitative estimate of drug-likeness (QED) is 0.501. The molecule has 4 heterocycles. The Balaban J connectivity index is 1.40. The number of nitrogens with zero attached hydrogens (tertiary/aromatic N) is 6.